The molecule has 0 atom stereocenters. The molecular formula is C10H9N7O3. The van der Waals surface area contributed by atoms with Crippen LogP contribution in [0.25, 0.3) is 5.65 Å². The number of rotatable bonds is 3. The summed E-state index contributed by atoms with van der Waals surface area (Å²) in [6.45, 7) is 0.0470. The van der Waals surface area contributed by atoms with Gasteiger partial charge in [0.1, 0.15) is 6.54 Å². The zero-order valence-corrected chi connectivity index (χ0v) is 10.1. The van der Waals surface area contributed by atoms with Crippen LogP contribution in [0, 0.1) is 0 Å². The monoisotopic (exact) mass is 275 g/mol. The van der Waals surface area contributed by atoms with E-state index in [0.29, 0.717) is 11.4 Å². The van der Waals surface area contributed by atoms with Gasteiger partial charge in [0.2, 0.25) is 0 Å². The van der Waals surface area contributed by atoms with Crippen molar-refractivity contribution in [2.75, 3.05) is 0 Å². The number of fused-ring (bicyclic) bond motifs is 1. The summed E-state index contributed by atoms with van der Waals surface area (Å²) in [6, 6.07) is 1.39. The zero-order valence-electron chi connectivity index (χ0n) is 10.1. The van der Waals surface area contributed by atoms with Crippen molar-refractivity contribution in [2.45, 2.75) is 6.54 Å². The van der Waals surface area contributed by atoms with Crippen LogP contribution in [0.5, 0.6) is 0 Å². The van der Waals surface area contributed by atoms with Crippen molar-refractivity contribution in [2.24, 2.45) is 5.84 Å². The first-order valence-corrected chi connectivity index (χ1v) is 5.55. The number of nitrogens with one attached hydrogen (secondary N) is 1. The Balaban J connectivity index is 1.93. The van der Waals surface area contributed by atoms with Gasteiger partial charge in [0.05, 0.1) is 6.20 Å². The van der Waals surface area contributed by atoms with Gasteiger partial charge in [0.15, 0.2) is 17.1 Å². The van der Waals surface area contributed by atoms with Crippen LogP contribution in [0.3, 0.4) is 0 Å². The molecule has 3 N–H and O–H groups in total. The molecule has 0 radical (unpaired) electrons. The molecule has 0 fully saturated rings. The van der Waals surface area contributed by atoms with E-state index in [2.05, 4.69) is 15.2 Å². The van der Waals surface area contributed by atoms with Gasteiger partial charge in [-0.15, -0.1) is 5.10 Å². The van der Waals surface area contributed by atoms with Gasteiger partial charge in [0.25, 0.3) is 5.91 Å². The third kappa shape index (κ3) is 1.93. The molecule has 0 saturated carbocycles. The van der Waals surface area contributed by atoms with Gasteiger partial charge < -0.3 is 4.52 Å². The lowest BCUT2D eigenvalue weighted by atomic mass is 10.3. The van der Waals surface area contributed by atoms with Crippen molar-refractivity contribution in [1.82, 2.24) is 29.7 Å². The second-order valence-electron chi connectivity index (χ2n) is 3.90. The predicted molar refractivity (Wildman–Crippen MR) is 64.5 cm³/mol. The molecule has 10 nitrogen and oxygen atoms in total. The lowest BCUT2D eigenvalue weighted by Crippen LogP contribution is -2.30. The van der Waals surface area contributed by atoms with Crippen LogP contribution >= 0.6 is 0 Å². The zero-order chi connectivity index (χ0) is 14.1. The standard InChI is InChI=1S/C10H9N7O3/c11-13-9(18)7-3-6(20-15-7)5-17-10(19)16-2-1-12-4-8(16)14-17/h1-4H,5,11H2,(H,13,18). The van der Waals surface area contributed by atoms with E-state index in [9.17, 15) is 9.59 Å². The van der Waals surface area contributed by atoms with Crippen LogP contribution in [-0.2, 0) is 6.54 Å². The summed E-state index contributed by atoms with van der Waals surface area (Å²) in [5.74, 6) is 4.71. The summed E-state index contributed by atoms with van der Waals surface area (Å²) in [5.41, 5.74) is 2.03. The molecule has 0 aliphatic heterocycles. The maximum Gasteiger partial charge on any atom is 0.350 e. The van der Waals surface area contributed by atoms with Gasteiger partial charge in [-0.1, -0.05) is 5.16 Å². The summed E-state index contributed by atoms with van der Waals surface area (Å²) in [4.78, 5) is 27.1. The molecule has 10 heteroatoms. The summed E-state index contributed by atoms with van der Waals surface area (Å²) in [5, 5.41) is 7.61. The Morgan fingerprint density at radius 1 is 1.50 bits per heavy atom. The molecule has 20 heavy (non-hydrogen) atoms. The van der Waals surface area contributed by atoms with Gasteiger partial charge in [0, 0.05) is 18.5 Å². The maximum absolute atomic E-state index is 12.0. The van der Waals surface area contributed by atoms with Gasteiger partial charge >= 0.3 is 5.69 Å². The number of carbonyl (C=O) groups excluding carboxylic acids is 1. The number of aromatic nitrogens is 5. The number of hydrazine groups is 1. The predicted octanol–water partition coefficient (Wildman–Crippen LogP) is -1.47. The molecule has 0 aromatic carbocycles. The quantitative estimate of drug-likeness (QED) is 0.338. The molecule has 0 saturated heterocycles. The molecule has 1 amide bonds. The molecule has 3 aromatic rings. The normalized spacial score (nSPS) is 10.8. The third-order valence-electron chi connectivity index (χ3n) is 2.62. The van der Waals surface area contributed by atoms with Gasteiger partial charge in [-0.2, -0.15) is 0 Å². The van der Waals surface area contributed by atoms with Crippen LogP contribution in [-0.4, -0.2) is 30.2 Å². The highest BCUT2D eigenvalue weighted by molar-refractivity contribution is 5.91. The summed E-state index contributed by atoms with van der Waals surface area (Å²) < 4.78 is 7.48. The number of nitrogens with two attached hydrogens (primary N) is 1. The Hall–Kier alpha value is -3.01. The van der Waals surface area contributed by atoms with E-state index < -0.39 is 5.91 Å². The van der Waals surface area contributed by atoms with E-state index in [1.165, 1.54) is 33.7 Å². The fraction of sp³-hybridized carbons (Fsp3) is 0.100. The highest BCUT2D eigenvalue weighted by Crippen LogP contribution is 2.05. The highest BCUT2D eigenvalue weighted by Gasteiger charge is 2.13. The topological polar surface area (TPSA) is 133 Å². The number of amides is 1. The smallest absolute Gasteiger partial charge is 0.350 e. The van der Waals surface area contributed by atoms with Crippen molar-refractivity contribution >= 4 is 11.6 Å². The number of carbonyl (C=O) groups is 1. The molecular weight excluding hydrogens is 266 g/mol. The Labute approximate surface area is 110 Å². The minimum absolute atomic E-state index is 0.0287. The van der Waals surface area contributed by atoms with Crippen LogP contribution in [0.2, 0.25) is 0 Å². The summed E-state index contributed by atoms with van der Waals surface area (Å²) in [7, 11) is 0. The van der Waals surface area contributed by atoms with Crippen LogP contribution in [0.4, 0.5) is 0 Å². The number of nitrogens with zero attached hydrogens (tertiary/aromatic N) is 5. The number of nitrogen functional groups attached to an aromatic ring is 1. The first-order valence-electron chi connectivity index (χ1n) is 5.55. The Morgan fingerprint density at radius 3 is 3.10 bits per heavy atom. The van der Waals surface area contributed by atoms with E-state index in [1.54, 1.807) is 0 Å². The largest absolute Gasteiger partial charge is 0.359 e. The lowest BCUT2D eigenvalue weighted by Gasteiger charge is -1.92. The highest BCUT2D eigenvalue weighted by atomic mass is 16.5. The Bertz CT molecular complexity index is 831. The van der Waals surface area contributed by atoms with Gasteiger partial charge in [-0.25, -0.2) is 19.7 Å². The molecule has 0 unspecified atom stereocenters. The van der Waals surface area contributed by atoms with E-state index in [-0.39, 0.29) is 17.9 Å². The fourth-order valence-corrected chi connectivity index (χ4v) is 1.70. The molecule has 0 spiro atoms. The average Bonchev–Trinajstić information content (AvgIpc) is 3.05. The summed E-state index contributed by atoms with van der Waals surface area (Å²) in [6.07, 6.45) is 4.46. The van der Waals surface area contributed by atoms with Crippen molar-refractivity contribution in [1.29, 1.82) is 0 Å². The Kier molecular flexibility index (Phi) is 2.76. The molecule has 102 valence electrons. The van der Waals surface area contributed by atoms with Crippen molar-refractivity contribution in [3.63, 3.8) is 0 Å². The van der Waals surface area contributed by atoms with Crippen LogP contribution < -0.4 is 17.0 Å². The second-order valence-corrected chi connectivity index (χ2v) is 3.90. The van der Waals surface area contributed by atoms with Crippen molar-refractivity contribution in [3.05, 3.63) is 46.6 Å². The lowest BCUT2D eigenvalue weighted by molar-refractivity contribution is 0.0944. The average molecular weight is 275 g/mol. The molecule has 0 aliphatic rings. The minimum atomic E-state index is -0.577. The van der Waals surface area contributed by atoms with E-state index in [0.717, 1.165) is 0 Å². The fourth-order valence-electron chi connectivity index (χ4n) is 1.70. The van der Waals surface area contributed by atoms with E-state index in [1.807, 2.05) is 5.43 Å². The molecule has 0 bridgehead atoms. The van der Waals surface area contributed by atoms with Crippen molar-refractivity contribution < 1.29 is 9.32 Å². The first-order chi connectivity index (χ1) is 9.69. The molecule has 3 aromatic heterocycles. The molecule has 0 aliphatic carbocycles. The van der Waals surface area contributed by atoms with Gasteiger partial charge in [-0.3, -0.25) is 15.2 Å². The second kappa shape index (κ2) is 4.59. The number of hydrogen-bond donors (Lipinski definition) is 2. The third-order valence-corrected chi connectivity index (χ3v) is 2.62. The minimum Gasteiger partial charge on any atom is -0.359 e. The van der Waals surface area contributed by atoms with E-state index >= 15 is 0 Å². The van der Waals surface area contributed by atoms with Gasteiger partial charge in [-0.05, 0) is 0 Å². The SMILES string of the molecule is NNC(=O)c1cc(Cn2nc3cnccn3c2=O)on1. The molecule has 3 rings (SSSR count). The van der Waals surface area contributed by atoms with Crippen LogP contribution in [0.1, 0.15) is 16.2 Å². The molecule has 3 heterocycles. The summed E-state index contributed by atoms with van der Waals surface area (Å²) >= 11 is 0. The maximum atomic E-state index is 12.0. The van der Waals surface area contributed by atoms with Crippen molar-refractivity contribution in [3.8, 4) is 0 Å². The number of hydrogen-bond acceptors (Lipinski definition) is 7. The first kappa shape index (κ1) is 12.0. The van der Waals surface area contributed by atoms with Crippen LogP contribution in [0.15, 0.2) is 34.0 Å². The Morgan fingerprint density at radius 2 is 2.35 bits per heavy atom. The van der Waals surface area contributed by atoms with E-state index in [4.69, 9.17) is 10.4 Å².